The molecule has 0 aliphatic heterocycles. The molecule has 1 aromatic rings. The van der Waals surface area contributed by atoms with Crippen molar-refractivity contribution in [2.45, 2.75) is 0 Å². The summed E-state index contributed by atoms with van der Waals surface area (Å²) in [4.78, 5) is 4.03. The topological polar surface area (TPSA) is 38.4 Å². The molecule has 2 nitrogen and oxygen atoms in total. The number of hydrogen-bond donors (Lipinski definition) is 1. The van der Waals surface area contributed by atoms with E-state index in [0.717, 1.165) is 4.47 Å². The molecule has 1 rings (SSSR count). The van der Waals surface area contributed by atoms with Gasteiger partial charge in [0.15, 0.2) is 0 Å². The molecule has 5 heteroatoms. The molecule has 0 heterocycles. The van der Waals surface area contributed by atoms with Crippen molar-refractivity contribution in [3.63, 3.8) is 0 Å². The van der Waals surface area contributed by atoms with Crippen molar-refractivity contribution in [3.05, 3.63) is 27.7 Å². The fourth-order valence-corrected chi connectivity index (χ4v) is 1.53. The van der Waals surface area contributed by atoms with Gasteiger partial charge in [0, 0.05) is 4.47 Å². The molecule has 1 aromatic carbocycles. The molecule has 0 aromatic heterocycles. The molecule has 13 heavy (non-hydrogen) atoms. The van der Waals surface area contributed by atoms with Gasteiger partial charge in [-0.15, -0.1) is 11.6 Å². The van der Waals surface area contributed by atoms with Gasteiger partial charge in [-0.2, -0.15) is 0 Å². The standard InChI is InChI=1S/C8H7BrCl2N2/c9-5-1-2-7(6(11)3-5)13-8(12)4-10/h1-3H,4H2,(H2,12,13). The molecule has 0 radical (unpaired) electrons. The van der Waals surface area contributed by atoms with Crippen molar-refractivity contribution in [2.24, 2.45) is 10.7 Å². The smallest absolute Gasteiger partial charge is 0.115 e. The van der Waals surface area contributed by atoms with Crippen LogP contribution < -0.4 is 5.73 Å². The van der Waals surface area contributed by atoms with Gasteiger partial charge >= 0.3 is 0 Å². The maximum absolute atomic E-state index is 5.89. The second-order valence-corrected chi connectivity index (χ2v) is 3.92. The summed E-state index contributed by atoms with van der Waals surface area (Å²) in [7, 11) is 0. The van der Waals surface area contributed by atoms with Crippen molar-refractivity contribution >= 4 is 50.7 Å². The van der Waals surface area contributed by atoms with E-state index in [4.69, 9.17) is 28.9 Å². The lowest BCUT2D eigenvalue weighted by Gasteiger charge is -1.99. The van der Waals surface area contributed by atoms with Gasteiger partial charge in [0.2, 0.25) is 0 Å². The van der Waals surface area contributed by atoms with Crippen molar-refractivity contribution in [1.29, 1.82) is 0 Å². The van der Waals surface area contributed by atoms with Crippen LogP contribution in [0.2, 0.25) is 5.02 Å². The quantitative estimate of drug-likeness (QED) is 0.504. The van der Waals surface area contributed by atoms with E-state index < -0.39 is 0 Å². The monoisotopic (exact) mass is 280 g/mol. The van der Waals surface area contributed by atoms with Gasteiger partial charge in [-0.1, -0.05) is 27.5 Å². The second kappa shape index (κ2) is 4.84. The Balaban J connectivity index is 3.03. The molecule has 0 fully saturated rings. The van der Waals surface area contributed by atoms with Crippen molar-refractivity contribution in [3.8, 4) is 0 Å². The Morgan fingerprint density at radius 2 is 2.23 bits per heavy atom. The molecule has 0 bridgehead atoms. The highest BCUT2D eigenvalue weighted by molar-refractivity contribution is 9.10. The highest BCUT2D eigenvalue weighted by Gasteiger charge is 1.99. The first kappa shape index (κ1) is 10.8. The van der Waals surface area contributed by atoms with Gasteiger partial charge in [0.25, 0.3) is 0 Å². The van der Waals surface area contributed by atoms with Crippen molar-refractivity contribution in [1.82, 2.24) is 0 Å². The molecule has 0 aliphatic rings. The summed E-state index contributed by atoms with van der Waals surface area (Å²) in [5.74, 6) is 0.553. The van der Waals surface area contributed by atoms with Crippen molar-refractivity contribution < 1.29 is 0 Å². The maximum Gasteiger partial charge on any atom is 0.115 e. The van der Waals surface area contributed by atoms with E-state index in [0.29, 0.717) is 16.5 Å². The minimum Gasteiger partial charge on any atom is -0.386 e. The van der Waals surface area contributed by atoms with Crippen LogP contribution in [0.4, 0.5) is 5.69 Å². The van der Waals surface area contributed by atoms with Crippen LogP contribution in [-0.2, 0) is 0 Å². The number of hydrogen-bond acceptors (Lipinski definition) is 1. The van der Waals surface area contributed by atoms with Crippen LogP contribution >= 0.6 is 39.1 Å². The van der Waals surface area contributed by atoms with E-state index >= 15 is 0 Å². The third-order valence-corrected chi connectivity index (χ3v) is 2.38. The zero-order valence-electron chi connectivity index (χ0n) is 6.60. The Bertz CT molecular complexity index is 339. The molecule has 0 amide bonds. The third-order valence-electron chi connectivity index (χ3n) is 1.31. The number of benzene rings is 1. The van der Waals surface area contributed by atoms with E-state index in [2.05, 4.69) is 20.9 Å². The number of nitrogens with zero attached hydrogens (tertiary/aromatic N) is 1. The molecule has 0 atom stereocenters. The van der Waals surface area contributed by atoms with Crippen LogP contribution in [0.5, 0.6) is 0 Å². The van der Waals surface area contributed by atoms with Crippen LogP contribution in [0.1, 0.15) is 0 Å². The summed E-state index contributed by atoms with van der Waals surface area (Å²) in [6, 6.07) is 5.36. The van der Waals surface area contributed by atoms with Crippen LogP contribution in [0.15, 0.2) is 27.7 Å². The number of nitrogens with two attached hydrogens (primary N) is 1. The van der Waals surface area contributed by atoms with E-state index in [9.17, 15) is 0 Å². The second-order valence-electron chi connectivity index (χ2n) is 2.33. The number of halogens is 3. The molecule has 0 aliphatic carbocycles. The molecule has 70 valence electrons. The Labute approximate surface area is 94.9 Å². The molecule has 0 saturated heterocycles. The molecular weight excluding hydrogens is 275 g/mol. The lowest BCUT2D eigenvalue weighted by Crippen LogP contribution is -2.12. The van der Waals surface area contributed by atoms with Crippen molar-refractivity contribution in [2.75, 3.05) is 5.88 Å². The summed E-state index contributed by atoms with van der Waals surface area (Å²) < 4.78 is 0.904. The molecule has 0 spiro atoms. The highest BCUT2D eigenvalue weighted by Crippen LogP contribution is 2.27. The largest absolute Gasteiger partial charge is 0.386 e. The average Bonchev–Trinajstić information content (AvgIpc) is 2.09. The van der Waals surface area contributed by atoms with Crippen LogP contribution in [0, 0.1) is 0 Å². The van der Waals surface area contributed by atoms with E-state index in [1.54, 1.807) is 12.1 Å². The Morgan fingerprint density at radius 3 is 2.77 bits per heavy atom. The minimum atomic E-state index is 0.201. The SMILES string of the molecule is NC(CCl)=Nc1ccc(Br)cc1Cl. The van der Waals surface area contributed by atoms with Crippen LogP contribution in [0.25, 0.3) is 0 Å². The summed E-state index contributed by atoms with van der Waals surface area (Å²) in [5, 5.41) is 0.544. The zero-order chi connectivity index (χ0) is 9.84. The van der Waals surface area contributed by atoms with Gasteiger partial charge in [-0.05, 0) is 18.2 Å². The number of amidine groups is 1. The van der Waals surface area contributed by atoms with Gasteiger partial charge in [0.1, 0.15) is 5.84 Å². The van der Waals surface area contributed by atoms with Crippen LogP contribution in [0.3, 0.4) is 0 Å². The highest BCUT2D eigenvalue weighted by atomic mass is 79.9. The predicted octanol–water partition coefficient (Wildman–Crippen LogP) is 3.33. The van der Waals surface area contributed by atoms with E-state index in [-0.39, 0.29) is 5.88 Å². The summed E-state index contributed by atoms with van der Waals surface area (Å²) in [6.07, 6.45) is 0. The molecule has 0 unspecified atom stereocenters. The van der Waals surface area contributed by atoms with E-state index in [1.165, 1.54) is 0 Å². The van der Waals surface area contributed by atoms with Gasteiger partial charge in [0.05, 0.1) is 16.6 Å². The van der Waals surface area contributed by atoms with E-state index in [1.807, 2.05) is 6.07 Å². The molecule has 2 N–H and O–H groups in total. The summed E-state index contributed by atoms with van der Waals surface area (Å²) >= 11 is 14.7. The maximum atomic E-state index is 5.89. The van der Waals surface area contributed by atoms with Gasteiger partial charge < -0.3 is 5.73 Å². The number of aliphatic imine (C=N–C) groups is 1. The Kier molecular flexibility index (Phi) is 4.03. The van der Waals surface area contributed by atoms with Crippen LogP contribution in [-0.4, -0.2) is 11.7 Å². The average molecular weight is 282 g/mol. The first-order chi connectivity index (χ1) is 6.13. The fraction of sp³-hybridized carbons (Fsp3) is 0.125. The molecule has 0 saturated carbocycles. The Hall–Kier alpha value is -0.250. The van der Waals surface area contributed by atoms with Gasteiger partial charge in [-0.3, -0.25) is 0 Å². The first-order valence-corrected chi connectivity index (χ1v) is 5.18. The first-order valence-electron chi connectivity index (χ1n) is 3.47. The summed E-state index contributed by atoms with van der Waals surface area (Å²) in [5.41, 5.74) is 6.09. The lowest BCUT2D eigenvalue weighted by molar-refractivity contribution is 1.44. The van der Waals surface area contributed by atoms with Gasteiger partial charge in [-0.25, -0.2) is 4.99 Å². The predicted molar refractivity (Wildman–Crippen MR) is 61.2 cm³/mol. The summed E-state index contributed by atoms with van der Waals surface area (Å²) in [6.45, 7) is 0. The molecular formula is C8H7BrCl2N2. The lowest BCUT2D eigenvalue weighted by atomic mass is 10.3. The normalized spacial score (nSPS) is 11.8. The fourth-order valence-electron chi connectivity index (χ4n) is 0.757. The Morgan fingerprint density at radius 1 is 1.54 bits per heavy atom. The zero-order valence-corrected chi connectivity index (χ0v) is 9.70. The minimum absolute atomic E-state index is 0.201. The third kappa shape index (κ3) is 3.18. The number of rotatable bonds is 2. The number of alkyl halides is 1.